The number of rotatable bonds is 4. The number of benzene rings is 1. The van der Waals surface area contributed by atoms with Gasteiger partial charge in [0.05, 0.1) is 0 Å². The third kappa shape index (κ3) is 3.34. The van der Waals surface area contributed by atoms with Crippen molar-refractivity contribution in [3.8, 4) is 5.75 Å². The van der Waals surface area contributed by atoms with Gasteiger partial charge in [-0.15, -0.1) is 0 Å². The molecule has 1 unspecified atom stereocenters. The molecular formula is C9H7BrF4O2. The molecule has 16 heavy (non-hydrogen) atoms. The maximum absolute atomic E-state index is 12.7. The molecule has 0 bridgehead atoms. The zero-order chi connectivity index (χ0) is 12.3. The lowest BCUT2D eigenvalue weighted by Crippen LogP contribution is -2.19. The van der Waals surface area contributed by atoms with E-state index in [0.717, 1.165) is 12.1 Å². The van der Waals surface area contributed by atoms with Crippen LogP contribution in [-0.2, 0) is 0 Å². The molecule has 0 radical (unpaired) electrons. The first-order chi connectivity index (χ1) is 7.32. The van der Waals surface area contributed by atoms with Crippen LogP contribution in [0.15, 0.2) is 24.3 Å². The zero-order valence-electron chi connectivity index (χ0n) is 7.71. The molecule has 0 amide bonds. The molecular weight excluding hydrogens is 296 g/mol. The van der Waals surface area contributed by atoms with Gasteiger partial charge in [-0.3, -0.25) is 0 Å². The Labute approximate surface area is 97.0 Å². The van der Waals surface area contributed by atoms with Crippen molar-refractivity contribution in [1.82, 2.24) is 0 Å². The lowest BCUT2D eigenvalue weighted by molar-refractivity contribution is -0.0589. The SMILES string of the molecule is OC(c1ccccc1OC(F)F)C(F)(F)Br. The highest BCUT2D eigenvalue weighted by Gasteiger charge is 2.38. The van der Waals surface area contributed by atoms with Crippen LogP contribution in [0, 0.1) is 0 Å². The van der Waals surface area contributed by atoms with Gasteiger partial charge >= 0.3 is 11.4 Å². The molecule has 0 saturated heterocycles. The van der Waals surface area contributed by atoms with Crippen LogP contribution < -0.4 is 4.74 Å². The average molecular weight is 303 g/mol. The third-order valence-corrected chi connectivity index (χ3v) is 2.17. The van der Waals surface area contributed by atoms with E-state index in [2.05, 4.69) is 4.74 Å². The summed E-state index contributed by atoms with van der Waals surface area (Å²) in [6.07, 6.45) is -2.26. The summed E-state index contributed by atoms with van der Waals surface area (Å²) in [5.74, 6) is -0.482. The van der Waals surface area contributed by atoms with Crippen LogP contribution in [0.1, 0.15) is 11.7 Å². The van der Waals surface area contributed by atoms with E-state index in [1.54, 1.807) is 0 Å². The number of para-hydroxylation sites is 1. The lowest BCUT2D eigenvalue weighted by atomic mass is 10.1. The van der Waals surface area contributed by atoms with Crippen molar-refractivity contribution < 1.29 is 27.4 Å². The second-order valence-electron chi connectivity index (χ2n) is 2.86. The summed E-state index contributed by atoms with van der Waals surface area (Å²) in [4.78, 5) is -3.62. The minimum atomic E-state index is -3.62. The molecule has 7 heteroatoms. The van der Waals surface area contributed by atoms with Crippen molar-refractivity contribution in [3.63, 3.8) is 0 Å². The van der Waals surface area contributed by atoms with E-state index in [1.807, 2.05) is 15.9 Å². The Morgan fingerprint density at radius 1 is 1.25 bits per heavy atom. The number of alkyl halides is 5. The first-order valence-electron chi connectivity index (χ1n) is 4.11. The van der Waals surface area contributed by atoms with Gasteiger partial charge in [-0.2, -0.15) is 17.6 Å². The Hall–Kier alpha value is -0.820. The summed E-state index contributed by atoms with van der Waals surface area (Å²) < 4.78 is 53.4. The molecule has 0 fully saturated rings. The smallest absolute Gasteiger partial charge is 0.387 e. The summed E-state index contributed by atoms with van der Waals surface area (Å²) >= 11 is 1.95. The van der Waals surface area contributed by atoms with Crippen molar-refractivity contribution >= 4 is 15.9 Å². The summed E-state index contributed by atoms with van der Waals surface area (Å²) in [5, 5.41) is 9.23. The van der Waals surface area contributed by atoms with Crippen molar-refractivity contribution in [2.75, 3.05) is 0 Å². The molecule has 0 aromatic heterocycles. The molecule has 1 atom stereocenters. The first-order valence-corrected chi connectivity index (χ1v) is 4.90. The Kier molecular flexibility index (Phi) is 4.15. The average Bonchev–Trinajstić information content (AvgIpc) is 2.15. The Morgan fingerprint density at radius 3 is 2.31 bits per heavy atom. The van der Waals surface area contributed by atoms with Crippen LogP contribution in [0.4, 0.5) is 17.6 Å². The zero-order valence-corrected chi connectivity index (χ0v) is 9.30. The number of hydrogen-bond donors (Lipinski definition) is 1. The molecule has 0 aliphatic rings. The molecule has 1 aromatic rings. The molecule has 1 aromatic carbocycles. The van der Waals surface area contributed by atoms with Crippen LogP contribution in [-0.4, -0.2) is 16.5 Å². The van der Waals surface area contributed by atoms with E-state index in [1.165, 1.54) is 12.1 Å². The van der Waals surface area contributed by atoms with Crippen LogP contribution in [0.5, 0.6) is 5.75 Å². The standard InChI is InChI=1S/C9H7BrF4O2/c10-9(13,14)7(15)5-3-1-2-4-6(5)16-8(11)12/h1-4,7-8,15H. The highest BCUT2D eigenvalue weighted by Crippen LogP contribution is 2.40. The largest absolute Gasteiger partial charge is 0.434 e. The topological polar surface area (TPSA) is 29.5 Å². The van der Waals surface area contributed by atoms with Gasteiger partial charge in [-0.1, -0.05) is 18.2 Å². The predicted molar refractivity (Wildman–Crippen MR) is 51.9 cm³/mol. The van der Waals surface area contributed by atoms with Crippen molar-refractivity contribution in [3.05, 3.63) is 29.8 Å². The quantitative estimate of drug-likeness (QED) is 0.683. The normalized spacial score (nSPS) is 13.9. The van der Waals surface area contributed by atoms with Crippen LogP contribution in [0.25, 0.3) is 0 Å². The molecule has 1 N–H and O–H groups in total. The molecule has 0 aliphatic carbocycles. The van der Waals surface area contributed by atoms with Crippen molar-refractivity contribution in [1.29, 1.82) is 0 Å². The van der Waals surface area contributed by atoms with E-state index in [9.17, 15) is 22.7 Å². The highest BCUT2D eigenvalue weighted by atomic mass is 79.9. The molecule has 0 saturated carbocycles. The van der Waals surface area contributed by atoms with Gasteiger partial charge in [0, 0.05) is 5.56 Å². The lowest BCUT2D eigenvalue weighted by Gasteiger charge is -2.19. The van der Waals surface area contributed by atoms with Gasteiger partial charge < -0.3 is 9.84 Å². The maximum atomic E-state index is 12.7. The maximum Gasteiger partial charge on any atom is 0.387 e. The fourth-order valence-electron chi connectivity index (χ4n) is 1.09. The van der Waals surface area contributed by atoms with E-state index >= 15 is 0 Å². The Morgan fingerprint density at radius 2 is 1.81 bits per heavy atom. The second kappa shape index (κ2) is 5.01. The number of ether oxygens (including phenoxy) is 1. The minimum absolute atomic E-state index is 0.412. The summed E-state index contributed by atoms with van der Waals surface area (Å²) in [7, 11) is 0. The van der Waals surface area contributed by atoms with Gasteiger partial charge in [0.2, 0.25) is 0 Å². The second-order valence-corrected chi connectivity index (χ2v) is 3.92. The Balaban J connectivity index is 3.03. The van der Waals surface area contributed by atoms with E-state index in [-0.39, 0.29) is 0 Å². The number of halogens is 5. The van der Waals surface area contributed by atoms with Crippen LogP contribution in [0.3, 0.4) is 0 Å². The summed E-state index contributed by atoms with van der Waals surface area (Å²) in [6.45, 7) is -3.14. The molecule has 0 aliphatic heterocycles. The van der Waals surface area contributed by atoms with Crippen molar-refractivity contribution in [2.45, 2.75) is 17.5 Å². The third-order valence-electron chi connectivity index (χ3n) is 1.74. The van der Waals surface area contributed by atoms with Gasteiger partial charge in [0.1, 0.15) is 5.75 Å². The number of aliphatic hydroxyl groups excluding tert-OH is 1. The van der Waals surface area contributed by atoms with E-state index in [4.69, 9.17) is 0 Å². The monoisotopic (exact) mass is 302 g/mol. The fourth-order valence-corrected chi connectivity index (χ4v) is 1.33. The molecule has 0 spiro atoms. The fraction of sp³-hybridized carbons (Fsp3) is 0.333. The van der Waals surface area contributed by atoms with Crippen molar-refractivity contribution in [2.24, 2.45) is 0 Å². The molecule has 1 rings (SSSR count). The van der Waals surface area contributed by atoms with E-state index in [0.29, 0.717) is 0 Å². The molecule has 0 heterocycles. The molecule has 2 nitrogen and oxygen atoms in total. The number of aliphatic hydroxyl groups is 1. The first kappa shape index (κ1) is 13.2. The Bertz CT molecular complexity index is 354. The highest BCUT2D eigenvalue weighted by molar-refractivity contribution is 9.10. The van der Waals surface area contributed by atoms with Crippen LogP contribution in [0.2, 0.25) is 0 Å². The minimum Gasteiger partial charge on any atom is -0.434 e. The van der Waals surface area contributed by atoms with Gasteiger partial charge in [0.15, 0.2) is 6.10 Å². The van der Waals surface area contributed by atoms with Gasteiger partial charge in [-0.25, -0.2) is 0 Å². The van der Waals surface area contributed by atoms with Gasteiger partial charge in [0.25, 0.3) is 0 Å². The van der Waals surface area contributed by atoms with Gasteiger partial charge in [-0.05, 0) is 22.0 Å². The number of hydrogen-bond acceptors (Lipinski definition) is 2. The van der Waals surface area contributed by atoms with E-state index < -0.39 is 28.9 Å². The molecule has 90 valence electrons. The van der Waals surface area contributed by atoms with Crippen LogP contribution >= 0.6 is 15.9 Å². The summed E-state index contributed by atoms with van der Waals surface area (Å²) in [6, 6.07) is 4.82. The predicted octanol–water partition coefficient (Wildman–Crippen LogP) is 3.31. The summed E-state index contributed by atoms with van der Waals surface area (Å²) in [5.41, 5.74) is -0.412.